The largest absolute Gasteiger partial charge is 0.441 e. The fourth-order valence-electron chi connectivity index (χ4n) is 1.58. The maximum absolute atomic E-state index is 11.6. The fraction of sp³-hybridized carbons (Fsp3) is 0.0667. The zero-order valence-electron chi connectivity index (χ0n) is 10.5. The van der Waals surface area contributed by atoms with Gasteiger partial charge in [0.05, 0.1) is 0 Å². The minimum atomic E-state index is -0.731. The smallest absolute Gasteiger partial charge is 0.409 e. The van der Waals surface area contributed by atoms with Crippen molar-refractivity contribution in [1.29, 1.82) is 0 Å². The summed E-state index contributed by atoms with van der Waals surface area (Å²) in [7, 11) is 0. The Morgan fingerprint density at radius 3 is 2.53 bits per heavy atom. The SMILES string of the molecule is Cc1cccc(C(N)=NC(=O)Oc2ccccc2)c1. The van der Waals surface area contributed by atoms with E-state index in [4.69, 9.17) is 10.5 Å². The summed E-state index contributed by atoms with van der Waals surface area (Å²) in [6.07, 6.45) is -0.731. The highest BCUT2D eigenvalue weighted by molar-refractivity contribution is 6.03. The minimum absolute atomic E-state index is 0.143. The Labute approximate surface area is 111 Å². The standard InChI is InChI=1S/C15H14N2O2/c1-11-6-5-7-12(10-11)14(16)17-15(18)19-13-8-3-2-4-9-13/h2-10H,1H3,(H2,16,17,18). The van der Waals surface area contributed by atoms with E-state index in [-0.39, 0.29) is 5.84 Å². The van der Waals surface area contributed by atoms with Gasteiger partial charge >= 0.3 is 6.09 Å². The molecule has 4 heteroatoms. The van der Waals surface area contributed by atoms with Crippen molar-refractivity contribution in [2.45, 2.75) is 6.92 Å². The van der Waals surface area contributed by atoms with Crippen LogP contribution in [0.25, 0.3) is 0 Å². The van der Waals surface area contributed by atoms with Gasteiger partial charge in [-0.1, -0.05) is 42.0 Å². The number of carbonyl (C=O) groups is 1. The number of nitrogens with zero attached hydrogens (tertiary/aromatic N) is 1. The Hall–Kier alpha value is -2.62. The number of carbonyl (C=O) groups excluding carboxylic acids is 1. The van der Waals surface area contributed by atoms with Crippen LogP contribution in [0.2, 0.25) is 0 Å². The number of aryl methyl sites for hydroxylation is 1. The van der Waals surface area contributed by atoms with E-state index in [0.717, 1.165) is 5.56 Å². The van der Waals surface area contributed by atoms with E-state index in [1.54, 1.807) is 30.3 Å². The minimum Gasteiger partial charge on any atom is -0.409 e. The van der Waals surface area contributed by atoms with Crippen LogP contribution in [0.5, 0.6) is 5.75 Å². The first-order chi connectivity index (χ1) is 9.15. The van der Waals surface area contributed by atoms with Crippen LogP contribution in [-0.2, 0) is 0 Å². The third-order valence-corrected chi connectivity index (χ3v) is 2.47. The summed E-state index contributed by atoms with van der Waals surface area (Å²) in [6.45, 7) is 1.94. The van der Waals surface area contributed by atoms with Crippen LogP contribution >= 0.6 is 0 Å². The van der Waals surface area contributed by atoms with Crippen molar-refractivity contribution in [3.05, 3.63) is 65.7 Å². The molecule has 0 saturated heterocycles. The summed E-state index contributed by atoms with van der Waals surface area (Å²) in [6, 6.07) is 16.2. The number of hydrogen-bond donors (Lipinski definition) is 1. The lowest BCUT2D eigenvalue weighted by molar-refractivity contribution is 0.211. The molecule has 96 valence electrons. The zero-order chi connectivity index (χ0) is 13.7. The van der Waals surface area contributed by atoms with Gasteiger partial charge in [0.1, 0.15) is 11.6 Å². The molecule has 0 spiro atoms. The average Bonchev–Trinajstić information content (AvgIpc) is 2.39. The maximum Gasteiger partial charge on any atom is 0.441 e. The summed E-state index contributed by atoms with van der Waals surface area (Å²) >= 11 is 0. The van der Waals surface area contributed by atoms with Gasteiger partial charge < -0.3 is 10.5 Å². The van der Waals surface area contributed by atoms with Gasteiger partial charge in [-0.3, -0.25) is 0 Å². The molecule has 0 heterocycles. The van der Waals surface area contributed by atoms with Gasteiger partial charge in [-0.2, -0.15) is 4.99 Å². The van der Waals surface area contributed by atoms with E-state index < -0.39 is 6.09 Å². The number of aliphatic imine (C=N–C) groups is 1. The predicted molar refractivity (Wildman–Crippen MR) is 74.4 cm³/mol. The molecule has 0 bridgehead atoms. The topological polar surface area (TPSA) is 64.7 Å². The highest BCUT2D eigenvalue weighted by atomic mass is 16.5. The second-order valence-electron chi connectivity index (χ2n) is 4.05. The zero-order valence-corrected chi connectivity index (χ0v) is 10.5. The Morgan fingerprint density at radius 2 is 1.84 bits per heavy atom. The van der Waals surface area contributed by atoms with Gasteiger partial charge in [-0.05, 0) is 25.1 Å². The summed E-state index contributed by atoms with van der Waals surface area (Å²) in [5.41, 5.74) is 7.51. The van der Waals surface area contributed by atoms with Gasteiger partial charge in [-0.25, -0.2) is 4.79 Å². The molecule has 0 aliphatic heterocycles. The first kappa shape index (κ1) is 12.8. The van der Waals surface area contributed by atoms with E-state index in [0.29, 0.717) is 11.3 Å². The van der Waals surface area contributed by atoms with Crippen molar-refractivity contribution in [1.82, 2.24) is 0 Å². The van der Waals surface area contributed by atoms with Crippen molar-refractivity contribution < 1.29 is 9.53 Å². The number of amides is 1. The van der Waals surface area contributed by atoms with Crippen LogP contribution in [0.3, 0.4) is 0 Å². The molecule has 1 amide bonds. The number of amidine groups is 1. The Balaban J connectivity index is 2.10. The third-order valence-electron chi connectivity index (χ3n) is 2.47. The van der Waals surface area contributed by atoms with E-state index >= 15 is 0 Å². The van der Waals surface area contributed by atoms with Crippen LogP contribution < -0.4 is 10.5 Å². The second-order valence-corrected chi connectivity index (χ2v) is 4.05. The average molecular weight is 254 g/mol. The molecule has 19 heavy (non-hydrogen) atoms. The molecule has 0 aromatic heterocycles. The highest BCUT2D eigenvalue weighted by Crippen LogP contribution is 2.09. The quantitative estimate of drug-likeness (QED) is 0.662. The monoisotopic (exact) mass is 254 g/mol. The molecule has 0 saturated carbocycles. The molecule has 0 atom stereocenters. The number of rotatable bonds is 2. The molecule has 0 unspecified atom stereocenters. The van der Waals surface area contributed by atoms with Crippen molar-refractivity contribution in [3.63, 3.8) is 0 Å². The third kappa shape index (κ3) is 3.67. The Morgan fingerprint density at radius 1 is 1.11 bits per heavy atom. The first-order valence-electron chi connectivity index (χ1n) is 5.83. The fourth-order valence-corrected chi connectivity index (χ4v) is 1.58. The number of nitrogens with two attached hydrogens (primary N) is 1. The van der Waals surface area contributed by atoms with E-state index in [2.05, 4.69) is 4.99 Å². The van der Waals surface area contributed by atoms with E-state index in [1.807, 2.05) is 31.2 Å². The summed E-state index contributed by atoms with van der Waals surface area (Å²) < 4.78 is 5.03. The summed E-state index contributed by atoms with van der Waals surface area (Å²) in [5.74, 6) is 0.581. The number of ether oxygens (including phenoxy) is 1. The molecule has 2 aromatic carbocycles. The summed E-state index contributed by atoms with van der Waals surface area (Å²) in [4.78, 5) is 15.3. The molecule has 2 aromatic rings. The lowest BCUT2D eigenvalue weighted by Crippen LogP contribution is -2.17. The van der Waals surface area contributed by atoms with Gasteiger partial charge in [0, 0.05) is 5.56 Å². The van der Waals surface area contributed by atoms with Crippen molar-refractivity contribution >= 4 is 11.9 Å². The Bertz CT molecular complexity index is 607. The molecular formula is C15H14N2O2. The lowest BCUT2D eigenvalue weighted by Gasteiger charge is -2.03. The molecular weight excluding hydrogens is 240 g/mol. The van der Waals surface area contributed by atoms with Gasteiger partial charge in [0.2, 0.25) is 0 Å². The molecule has 0 fully saturated rings. The first-order valence-corrected chi connectivity index (χ1v) is 5.83. The number of hydrogen-bond acceptors (Lipinski definition) is 2. The maximum atomic E-state index is 11.6. The number of para-hydroxylation sites is 1. The molecule has 0 aliphatic carbocycles. The summed E-state index contributed by atoms with van der Waals surface area (Å²) in [5, 5.41) is 0. The van der Waals surface area contributed by atoms with Crippen molar-refractivity contribution in [2.24, 2.45) is 10.7 Å². The van der Waals surface area contributed by atoms with Crippen LogP contribution in [0.15, 0.2) is 59.6 Å². The van der Waals surface area contributed by atoms with Crippen LogP contribution in [0.4, 0.5) is 4.79 Å². The normalized spacial score (nSPS) is 11.1. The van der Waals surface area contributed by atoms with E-state index in [1.165, 1.54) is 0 Å². The van der Waals surface area contributed by atoms with Crippen molar-refractivity contribution in [3.8, 4) is 5.75 Å². The van der Waals surface area contributed by atoms with Gasteiger partial charge in [-0.15, -0.1) is 0 Å². The molecule has 2 rings (SSSR count). The lowest BCUT2D eigenvalue weighted by atomic mass is 10.1. The molecule has 0 aliphatic rings. The molecule has 4 nitrogen and oxygen atoms in total. The predicted octanol–water partition coefficient (Wildman–Crippen LogP) is 2.90. The highest BCUT2D eigenvalue weighted by Gasteiger charge is 2.05. The molecule has 0 radical (unpaired) electrons. The molecule has 2 N–H and O–H groups in total. The number of benzene rings is 2. The van der Waals surface area contributed by atoms with Gasteiger partial charge in [0.15, 0.2) is 0 Å². The Kier molecular flexibility index (Phi) is 3.93. The second kappa shape index (κ2) is 5.82. The van der Waals surface area contributed by atoms with Crippen LogP contribution in [0.1, 0.15) is 11.1 Å². The van der Waals surface area contributed by atoms with Crippen LogP contribution in [0, 0.1) is 6.92 Å². The van der Waals surface area contributed by atoms with Crippen molar-refractivity contribution in [2.75, 3.05) is 0 Å². The van der Waals surface area contributed by atoms with Gasteiger partial charge in [0.25, 0.3) is 0 Å². The van der Waals surface area contributed by atoms with Crippen LogP contribution in [-0.4, -0.2) is 11.9 Å². The van der Waals surface area contributed by atoms with E-state index in [9.17, 15) is 4.79 Å².